The highest BCUT2D eigenvalue weighted by Gasteiger charge is 2.17. The number of aliphatic hydroxyl groups is 1. The summed E-state index contributed by atoms with van der Waals surface area (Å²) in [5.74, 6) is 2.05. The summed E-state index contributed by atoms with van der Waals surface area (Å²) in [6.07, 6.45) is -0.355. The largest absolute Gasteiger partial charge is 0.497 e. The third-order valence-corrected chi connectivity index (χ3v) is 4.14. The van der Waals surface area contributed by atoms with E-state index in [-0.39, 0.29) is 12.7 Å². The normalized spacial score (nSPS) is 13.2. The van der Waals surface area contributed by atoms with E-state index in [0.717, 1.165) is 0 Å². The monoisotopic (exact) mass is 359 g/mol. The van der Waals surface area contributed by atoms with Crippen LogP contribution in [-0.4, -0.2) is 38.6 Å². The Hall–Kier alpha value is -2.93. The van der Waals surface area contributed by atoms with E-state index in [1.165, 1.54) is 7.11 Å². The van der Waals surface area contributed by atoms with Gasteiger partial charge in [0.1, 0.15) is 11.5 Å². The molecule has 0 aliphatic carbocycles. The Morgan fingerprint density at radius 1 is 1.15 bits per heavy atom. The Kier molecular flexibility index (Phi) is 5.48. The number of hydrogen-bond donors (Lipinski definition) is 2. The lowest BCUT2D eigenvalue weighted by Gasteiger charge is -2.13. The van der Waals surface area contributed by atoms with Gasteiger partial charge in [0.05, 0.1) is 25.9 Å². The molecule has 0 saturated heterocycles. The predicted octanol–water partition coefficient (Wildman–Crippen LogP) is 2.29. The van der Waals surface area contributed by atoms with Gasteiger partial charge in [-0.25, -0.2) is 0 Å². The number of amides is 1. The number of carbonyl (C=O) groups is 1. The summed E-state index contributed by atoms with van der Waals surface area (Å²) < 4.78 is 20.9. The lowest BCUT2D eigenvalue weighted by molar-refractivity contribution is 0.0939. The van der Waals surface area contributed by atoms with Gasteiger partial charge in [0.2, 0.25) is 6.79 Å². The average Bonchev–Trinajstić information content (AvgIpc) is 3.14. The average molecular weight is 359 g/mol. The van der Waals surface area contributed by atoms with Crippen molar-refractivity contribution in [2.75, 3.05) is 27.6 Å². The first-order chi connectivity index (χ1) is 12.6. The van der Waals surface area contributed by atoms with Crippen LogP contribution in [0, 0.1) is 0 Å². The minimum absolute atomic E-state index is 0.189. The zero-order chi connectivity index (χ0) is 18.5. The van der Waals surface area contributed by atoms with E-state index in [9.17, 15) is 9.90 Å². The van der Waals surface area contributed by atoms with Crippen molar-refractivity contribution >= 4 is 5.91 Å². The van der Waals surface area contributed by atoms with E-state index < -0.39 is 6.10 Å². The van der Waals surface area contributed by atoms with Crippen LogP contribution in [0.2, 0.25) is 0 Å². The van der Waals surface area contributed by atoms with Crippen molar-refractivity contribution in [1.29, 1.82) is 0 Å². The number of fused-ring (bicyclic) bond motifs is 1. The van der Waals surface area contributed by atoms with Crippen LogP contribution in [-0.2, 0) is 0 Å². The molecule has 7 heteroatoms. The summed E-state index contributed by atoms with van der Waals surface area (Å²) in [5.41, 5.74) is 1.12. The molecular formula is C19H21NO6. The molecule has 1 amide bonds. The Balaban J connectivity index is 1.56. The first kappa shape index (κ1) is 17.9. The Bertz CT molecular complexity index is 792. The molecule has 0 aromatic heterocycles. The highest BCUT2D eigenvalue weighted by Crippen LogP contribution is 2.34. The van der Waals surface area contributed by atoms with Crippen LogP contribution in [0.1, 0.15) is 28.4 Å². The summed E-state index contributed by atoms with van der Waals surface area (Å²) in [6, 6.07) is 10.3. The van der Waals surface area contributed by atoms with Gasteiger partial charge in [-0.05, 0) is 36.2 Å². The molecule has 2 N–H and O–H groups in total. The third kappa shape index (κ3) is 3.83. The number of methoxy groups -OCH3 is 2. The van der Waals surface area contributed by atoms with Gasteiger partial charge >= 0.3 is 0 Å². The second-order valence-corrected chi connectivity index (χ2v) is 5.74. The van der Waals surface area contributed by atoms with Crippen LogP contribution >= 0.6 is 0 Å². The maximum atomic E-state index is 12.3. The van der Waals surface area contributed by atoms with E-state index in [2.05, 4.69) is 5.32 Å². The van der Waals surface area contributed by atoms with Gasteiger partial charge in [0, 0.05) is 12.6 Å². The first-order valence-corrected chi connectivity index (χ1v) is 8.20. The van der Waals surface area contributed by atoms with E-state index >= 15 is 0 Å². The minimum atomic E-state index is -0.720. The lowest BCUT2D eigenvalue weighted by atomic mass is 10.1. The molecule has 0 radical (unpaired) electrons. The molecule has 1 aliphatic rings. The summed E-state index contributed by atoms with van der Waals surface area (Å²) in [6.45, 7) is 0.498. The van der Waals surface area contributed by atoms with Crippen molar-refractivity contribution in [3.8, 4) is 23.0 Å². The van der Waals surface area contributed by atoms with E-state index in [1.807, 2.05) is 0 Å². The molecule has 26 heavy (non-hydrogen) atoms. The number of ether oxygens (including phenoxy) is 4. The van der Waals surface area contributed by atoms with Crippen molar-refractivity contribution in [2.24, 2.45) is 0 Å². The van der Waals surface area contributed by atoms with Crippen LogP contribution in [0.3, 0.4) is 0 Å². The number of benzene rings is 2. The van der Waals surface area contributed by atoms with Crippen molar-refractivity contribution in [2.45, 2.75) is 12.5 Å². The summed E-state index contributed by atoms with van der Waals surface area (Å²) in [4.78, 5) is 12.3. The first-order valence-electron chi connectivity index (χ1n) is 8.20. The van der Waals surface area contributed by atoms with Gasteiger partial charge in [-0.2, -0.15) is 0 Å². The van der Waals surface area contributed by atoms with Gasteiger partial charge in [-0.1, -0.05) is 6.07 Å². The molecule has 2 aromatic rings. The van der Waals surface area contributed by atoms with Crippen LogP contribution < -0.4 is 24.3 Å². The van der Waals surface area contributed by atoms with Gasteiger partial charge in [-0.3, -0.25) is 4.79 Å². The standard InChI is InChI=1S/C19H21NO6/c1-23-13-4-5-14(17(10-13)24-2)19(22)20-8-7-15(21)12-3-6-16-18(9-12)26-11-25-16/h3-6,9-10,15,21H,7-8,11H2,1-2H3,(H,20,22). The number of aliphatic hydroxyl groups excluding tert-OH is 1. The summed E-state index contributed by atoms with van der Waals surface area (Å²) >= 11 is 0. The molecule has 3 rings (SSSR count). The SMILES string of the molecule is COc1ccc(C(=O)NCCC(O)c2ccc3c(c2)OCO3)c(OC)c1. The van der Waals surface area contributed by atoms with E-state index in [4.69, 9.17) is 18.9 Å². The number of rotatable bonds is 7. The second-order valence-electron chi connectivity index (χ2n) is 5.74. The van der Waals surface area contributed by atoms with Gasteiger partial charge in [0.25, 0.3) is 5.91 Å². The molecule has 1 unspecified atom stereocenters. The summed E-state index contributed by atoms with van der Waals surface area (Å²) in [7, 11) is 3.04. The van der Waals surface area contributed by atoms with Crippen molar-refractivity contribution < 1.29 is 28.8 Å². The molecule has 0 fully saturated rings. The fourth-order valence-electron chi connectivity index (χ4n) is 2.69. The van der Waals surface area contributed by atoms with Crippen LogP contribution in [0.15, 0.2) is 36.4 Å². The molecule has 2 aromatic carbocycles. The molecule has 138 valence electrons. The predicted molar refractivity (Wildman–Crippen MR) is 94.0 cm³/mol. The Morgan fingerprint density at radius 3 is 2.73 bits per heavy atom. The van der Waals surface area contributed by atoms with Crippen LogP contribution in [0.4, 0.5) is 0 Å². The van der Waals surface area contributed by atoms with Gasteiger partial charge in [-0.15, -0.1) is 0 Å². The Morgan fingerprint density at radius 2 is 1.96 bits per heavy atom. The third-order valence-electron chi connectivity index (χ3n) is 4.14. The fraction of sp³-hybridized carbons (Fsp3) is 0.316. The van der Waals surface area contributed by atoms with Gasteiger partial charge < -0.3 is 29.4 Å². The molecule has 0 spiro atoms. The highest BCUT2D eigenvalue weighted by molar-refractivity contribution is 5.97. The zero-order valence-electron chi connectivity index (χ0n) is 14.7. The molecule has 7 nitrogen and oxygen atoms in total. The fourth-order valence-corrected chi connectivity index (χ4v) is 2.69. The van der Waals surface area contributed by atoms with E-state index in [0.29, 0.717) is 47.1 Å². The van der Waals surface area contributed by atoms with E-state index in [1.54, 1.807) is 43.5 Å². The minimum Gasteiger partial charge on any atom is -0.497 e. The van der Waals surface area contributed by atoms with Gasteiger partial charge in [0.15, 0.2) is 11.5 Å². The smallest absolute Gasteiger partial charge is 0.255 e. The highest BCUT2D eigenvalue weighted by atomic mass is 16.7. The van der Waals surface area contributed by atoms with Crippen LogP contribution in [0.5, 0.6) is 23.0 Å². The van der Waals surface area contributed by atoms with Crippen molar-refractivity contribution in [3.05, 3.63) is 47.5 Å². The molecule has 1 heterocycles. The van der Waals surface area contributed by atoms with Crippen molar-refractivity contribution in [3.63, 3.8) is 0 Å². The lowest BCUT2D eigenvalue weighted by Crippen LogP contribution is -2.26. The maximum Gasteiger partial charge on any atom is 0.255 e. The number of nitrogens with one attached hydrogen (secondary N) is 1. The quantitative estimate of drug-likeness (QED) is 0.789. The molecule has 1 atom stereocenters. The number of hydrogen-bond acceptors (Lipinski definition) is 6. The zero-order valence-corrected chi connectivity index (χ0v) is 14.7. The molecule has 0 saturated carbocycles. The molecule has 1 aliphatic heterocycles. The maximum absolute atomic E-state index is 12.3. The second kappa shape index (κ2) is 7.97. The Labute approximate surface area is 151 Å². The van der Waals surface area contributed by atoms with Crippen LogP contribution in [0.25, 0.3) is 0 Å². The molecular weight excluding hydrogens is 338 g/mol. The van der Waals surface area contributed by atoms with Crippen molar-refractivity contribution in [1.82, 2.24) is 5.32 Å². The summed E-state index contributed by atoms with van der Waals surface area (Å²) in [5, 5.41) is 13.1. The number of carbonyl (C=O) groups excluding carboxylic acids is 1. The molecule has 0 bridgehead atoms. The topological polar surface area (TPSA) is 86.3 Å².